The summed E-state index contributed by atoms with van der Waals surface area (Å²) in [4.78, 5) is 11.0. The lowest BCUT2D eigenvalue weighted by Gasteiger charge is -2.43. The molecule has 2 rings (SSSR count). The summed E-state index contributed by atoms with van der Waals surface area (Å²) in [5, 5.41) is 21.1. The predicted octanol–water partition coefficient (Wildman–Crippen LogP) is 1.74. The molecule has 0 radical (unpaired) electrons. The van der Waals surface area contributed by atoms with Crippen LogP contribution < -0.4 is 0 Å². The van der Waals surface area contributed by atoms with E-state index in [9.17, 15) is 15.2 Å². The molecule has 0 amide bonds. The summed E-state index contributed by atoms with van der Waals surface area (Å²) >= 11 is 0. The zero-order valence-corrected chi connectivity index (χ0v) is 8.32. The highest BCUT2D eigenvalue weighted by Crippen LogP contribution is 2.45. The quantitative estimate of drug-likeness (QED) is 0.516. The first-order chi connectivity index (χ1) is 6.68. The van der Waals surface area contributed by atoms with Crippen molar-refractivity contribution < 1.29 is 10.0 Å². The molecular weight excluding hydrogens is 182 g/mol. The first kappa shape index (κ1) is 9.90. The lowest BCUT2D eigenvalue weighted by Crippen LogP contribution is -2.58. The van der Waals surface area contributed by atoms with E-state index in [1.165, 1.54) is 0 Å². The molecule has 0 aromatic heterocycles. The van der Waals surface area contributed by atoms with Gasteiger partial charge >= 0.3 is 0 Å². The van der Waals surface area contributed by atoms with E-state index in [0.717, 1.165) is 32.1 Å². The molecule has 1 N–H and O–H groups in total. The first-order valence-electron chi connectivity index (χ1n) is 5.50. The number of nitro groups is 1. The van der Waals surface area contributed by atoms with Gasteiger partial charge in [-0.2, -0.15) is 0 Å². The van der Waals surface area contributed by atoms with Gasteiger partial charge in [0.05, 0.1) is 0 Å². The van der Waals surface area contributed by atoms with Gasteiger partial charge in [0.2, 0.25) is 5.54 Å². The Morgan fingerprint density at radius 2 is 1.93 bits per heavy atom. The highest BCUT2D eigenvalue weighted by molar-refractivity contribution is 4.99. The Labute approximate surface area is 83.5 Å². The van der Waals surface area contributed by atoms with Crippen LogP contribution in [0.15, 0.2) is 0 Å². The normalized spacial score (nSPS) is 42.9. The van der Waals surface area contributed by atoms with Crippen molar-refractivity contribution in [3.63, 3.8) is 0 Å². The summed E-state index contributed by atoms with van der Waals surface area (Å²) in [6.07, 6.45) is 5.26. The average Bonchev–Trinajstić information content (AvgIpc) is 2.18. The third kappa shape index (κ3) is 1.24. The van der Waals surface area contributed by atoms with Crippen molar-refractivity contribution in [2.75, 3.05) is 0 Å². The summed E-state index contributed by atoms with van der Waals surface area (Å²) < 4.78 is 0. The lowest BCUT2D eigenvalue weighted by atomic mass is 9.64. The first-order valence-corrected chi connectivity index (χ1v) is 5.50. The van der Waals surface area contributed by atoms with Gasteiger partial charge in [-0.1, -0.05) is 12.8 Å². The van der Waals surface area contributed by atoms with Crippen molar-refractivity contribution in [2.45, 2.75) is 56.6 Å². The number of nitrogens with zero attached hydrogens (tertiary/aromatic N) is 1. The van der Waals surface area contributed by atoms with E-state index < -0.39 is 11.6 Å². The van der Waals surface area contributed by atoms with E-state index in [1.54, 1.807) is 0 Å². The van der Waals surface area contributed by atoms with E-state index in [-0.39, 0.29) is 10.8 Å². The van der Waals surface area contributed by atoms with E-state index in [1.807, 2.05) is 0 Å². The Hall–Kier alpha value is -0.640. The van der Waals surface area contributed by atoms with Crippen LogP contribution in [0.2, 0.25) is 0 Å². The zero-order chi connectivity index (χ0) is 10.2. The second-order valence-electron chi connectivity index (χ2n) is 4.64. The van der Waals surface area contributed by atoms with Gasteiger partial charge in [0.15, 0.2) is 0 Å². The third-order valence-corrected chi connectivity index (χ3v) is 4.03. The second-order valence-corrected chi connectivity index (χ2v) is 4.64. The largest absolute Gasteiger partial charge is 0.386 e. The monoisotopic (exact) mass is 199 g/mol. The van der Waals surface area contributed by atoms with Gasteiger partial charge in [-0.05, 0) is 25.7 Å². The number of rotatable bonds is 1. The Morgan fingerprint density at radius 3 is 2.57 bits per heavy atom. The maximum Gasteiger partial charge on any atom is 0.250 e. The zero-order valence-electron chi connectivity index (χ0n) is 8.32. The van der Waals surface area contributed by atoms with Crippen LogP contribution in [0, 0.1) is 16.0 Å². The molecule has 0 spiro atoms. The number of hydrogen-bond acceptors (Lipinski definition) is 3. The third-order valence-electron chi connectivity index (χ3n) is 4.03. The van der Waals surface area contributed by atoms with Crippen LogP contribution >= 0.6 is 0 Å². The standard InChI is InChI=1S/C10H17NO3/c12-9-6-3-5-8-4-1-2-7-10(8,9)11(13)14/h8-9,12H,1-7H2. The van der Waals surface area contributed by atoms with Gasteiger partial charge in [0.1, 0.15) is 6.10 Å². The molecular formula is C10H17NO3. The summed E-state index contributed by atoms with van der Waals surface area (Å²) in [7, 11) is 0. The molecule has 0 heterocycles. The molecule has 2 fully saturated rings. The molecule has 2 saturated carbocycles. The Balaban J connectivity index is 2.29. The Bertz CT molecular complexity index is 242. The second kappa shape index (κ2) is 3.50. The van der Waals surface area contributed by atoms with Crippen LogP contribution in [-0.2, 0) is 0 Å². The van der Waals surface area contributed by atoms with E-state index >= 15 is 0 Å². The topological polar surface area (TPSA) is 63.4 Å². The van der Waals surface area contributed by atoms with Gasteiger partial charge in [0, 0.05) is 17.3 Å². The summed E-state index contributed by atoms with van der Waals surface area (Å²) in [5.74, 6) is 0.120. The molecule has 0 aliphatic heterocycles. The SMILES string of the molecule is O=[N+]([O-])C12CCCCC1CCCC2O. The van der Waals surface area contributed by atoms with Gasteiger partial charge < -0.3 is 5.11 Å². The smallest absolute Gasteiger partial charge is 0.250 e. The summed E-state index contributed by atoms with van der Waals surface area (Å²) in [6, 6.07) is 0. The molecule has 0 saturated heterocycles. The van der Waals surface area contributed by atoms with Crippen molar-refractivity contribution in [1.29, 1.82) is 0 Å². The molecule has 14 heavy (non-hydrogen) atoms. The molecule has 0 aromatic rings. The molecule has 0 bridgehead atoms. The molecule has 3 atom stereocenters. The lowest BCUT2D eigenvalue weighted by molar-refractivity contribution is -0.601. The van der Waals surface area contributed by atoms with Gasteiger partial charge in [0.25, 0.3) is 0 Å². The van der Waals surface area contributed by atoms with Gasteiger partial charge in [-0.3, -0.25) is 10.1 Å². The molecule has 0 aromatic carbocycles. The molecule has 2 aliphatic carbocycles. The predicted molar refractivity (Wildman–Crippen MR) is 51.5 cm³/mol. The maximum absolute atomic E-state index is 11.2. The van der Waals surface area contributed by atoms with E-state index in [0.29, 0.717) is 12.8 Å². The highest BCUT2D eigenvalue weighted by atomic mass is 16.6. The highest BCUT2D eigenvalue weighted by Gasteiger charge is 2.58. The number of aliphatic hydroxyl groups is 1. The van der Waals surface area contributed by atoms with Crippen LogP contribution in [0.25, 0.3) is 0 Å². The molecule has 4 heteroatoms. The van der Waals surface area contributed by atoms with E-state index in [2.05, 4.69) is 0 Å². The van der Waals surface area contributed by atoms with Crippen LogP contribution in [0.5, 0.6) is 0 Å². The van der Waals surface area contributed by atoms with Crippen molar-refractivity contribution in [2.24, 2.45) is 5.92 Å². The van der Waals surface area contributed by atoms with E-state index in [4.69, 9.17) is 0 Å². The average molecular weight is 199 g/mol. The van der Waals surface area contributed by atoms with Crippen molar-refractivity contribution in [1.82, 2.24) is 0 Å². The van der Waals surface area contributed by atoms with Crippen LogP contribution in [0.4, 0.5) is 0 Å². The van der Waals surface area contributed by atoms with Gasteiger partial charge in [-0.15, -0.1) is 0 Å². The maximum atomic E-state index is 11.2. The minimum absolute atomic E-state index is 0.120. The Kier molecular flexibility index (Phi) is 2.47. The van der Waals surface area contributed by atoms with Crippen LogP contribution in [0.1, 0.15) is 44.9 Å². The molecule has 2 aliphatic rings. The summed E-state index contributed by atoms with van der Waals surface area (Å²) in [6.45, 7) is 0. The van der Waals surface area contributed by atoms with Crippen LogP contribution in [-0.4, -0.2) is 21.7 Å². The molecule has 4 nitrogen and oxygen atoms in total. The molecule has 80 valence electrons. The number of hydrogen-bond donors (Lipinski definition) is 1. The van der Waals surface area contributed by atoms with Gasteiger partial charge in [-0.25, -0.2) is 0 Å². The fourth-order valence-corrected chi connectivity index (χ4v) is 3.26. The minimum Gasteiger partial charge on any atom is -0.386 e. The minimum atomic E-state index is -0.990. The fourth-order valence-electron chi connectivity index (χ4n) is 3.26. The number of fused-ring (bicyclic) bond motifs is 1. The fraction of sp³-hybridized carbons (Fsp3) is 1.00. The van der Waals surface area contributed by atoms with Crippen molar-refractivity contribution in [3.8, 4) is 0 Å². The van der Waals surface area contributed by atoms with Crippen molar-refractivity contribution >= 4 is 0 Å². The van der Waals surface area contributed by atoms with Crippen LogP contribution in [0.3, 0.4) is 0 Å². The Morgan fingerprint density at radius 1 is 1.21 bits per heavy atom. The number of aliphatic hydroxyl groups excluding tert-OH is 1. The molecule has 3 unspecified atom stereocenters. The van der Waals surface area contributed by atoms with Crippen molar-refractivity contribution in [3.05, 3.63) is 10.1 Å². The summed E-state index contributed by atoms with van der Waals surface area (Å²) in [5.41, 5.74) is -0.990.